The zero-order chi connectivity index (χ0) is 42.0. The predicted molar refractivity (Wildman–Crippen MR) is 257 cm³/mol. The third-order valence-electron chi connectivity index (χ3n) is 11.3. The minimum Gasteiger partial charge on any atom is -0.455 e. The molecule has 0 bridgehead atoms. The van der Waals surface area contributed by atoms with Gasteiger partial charge < -0.3 is 10.2 Å². The van der Waals surface area contributed by atoms with Gasteiger partial charge in [0.15, 0.2) is 5.84 Å². The second-order valence-electron chi connectivity index (χ2n) is 15.2. The molecule has 10 rings (SSSR count). The maximum Gasteiger partial charge on any atom is 0.162 e. The lowest BCUT2D eigenvalue weighted by atomic mass is 9.89. The number of fused-ring (bicyclic) bond motifs is 4. The number of nitrogens with two attached hydrogens (primary N) is 1. The third kappa shape index (κ3) is 7.23. The standard InChI is InChI=1S/C57H38N4O/c1-37(39-13-4-2-5-14-39)60-57(61-56(59)43-15-6-3-7-16-43)44-29-27-41(28-30-44)47-31-32-48(51-18-9-8-17-50(47)51)46-34-38(36-58)33-45(35-46)40-23-25-42(26-24-40)49-20-12-21-53-52-19-10-11-22-54(52)62-55(49)53/h2-35H,1H2,(H2,59,60,61). The topological polar surface area (TPSA) is 87.7 Å². The molecule has 2 N–H and O–H groups in total. The van der Waals surface area contributed by atoms with Crippen molar-refractivity contribution in [3.8, 4) is 50.6 Å². The van der Waals surface area contributed by atoms with E-state index in [1.807, 2.05) is 103 Å². The van der Waals surface area contributed by atoms with E-state index in [0.717, 1.165) is 93.9 Å². The maximum absolute atomic E-state index is 10.2. The van der Waals surface area contributed by atoms with E-state index in [0.29, 0.717) is 22.9 Å². The van der Waals surface area contributed by atoms with Crippen molar-refractivity contribution in [3.63, 3.8) is 0 Å². The maximum atomic E-state index is 10.2. The SMILES string of the molecule is C=C(/N=C(\N=C(/N)c1ccccc1)c1ccc(-c2ccc(-c3cc(C#N)cc(-c4ccc(-c5cccc6c5oc5ccccc56)cc4)c3)c3ccccc23)cc1)c1ccccc1. The van der Waals surface area contributed by atoms with E-state index in [1.54, 1.807) is 0 Å². The molecule has 10 aromatic rings. The van der Waals surface area contributed by atoms with Crippen LogP contribution in [0, 0.1) is 11.3 Å². The summed E-state index contributed by atoms with van der Waals surface area (Å²) < 4.78 is 6.33. The van der Waals surface area contributed by atoms with E-state index in [9.17, 15) is 5.26 Å². The first-order valence-electron chi connectivity index (χ1n) is 20.4. The number of para-hydroxylation sites is 2. The number of hydrogen-bond acceptors (Lipinski definition) is 3. The molecule has 9 aromatic carbocycles. The molecule has 292 valence electrons. The Kier molecular flexibility index (Phi) is 9.85. The minimum absolute atomic E-state index is 0.369. The molecule has 5 heteroatoms. The van der Waals surface area contributed by atoms with Crippen LogP contribution in [0.2, 0.25) is 0 Å². The number of aliphatic imine (C=N–C) groups is 2. The number of rotatable bonds is 8. The van der Waals surface area contributed by atoms with Gasteiger partial charge >= 0.3 is 0 Å². The molecule has 1 aromatic heterocycles. The Balaban J connectivity index is 0.988. The molecule has 0 fully saturated rings. The molecule has 0 radical (unpaired) electrons. The zero-order valence-corrected chi connectivity index (χ0v) is 33.7. The van der Waals surface area contributed by atoms with Gasteiger partial charge in [0.1, 0.15) is 17.0 Å². The third-order valence-corrected chi connectivity index (χ3v) is 11.3. The van der Waals surface area contributed by atoms with Crippen molar-refractivity contribution in [1.82, 2.24) is 0 Å². The van der Waals surface area contributed by atoms with Crippen LogP contribution in [0.5, 0.6) is 0 Å². The molecule has 0 aliphatic heterocycles. The Morgan fingerprint density at radius 2 is 1.00 bits per heavy atom. The second kappa shape index (κ2) is 16.2. The summed E-state index contributed by atoms with van der Waals surface area (Å²) in [5.41, 5.74) is 20.3. The van der Waals surface area contributed by atoms with Crippen LogP contribution in [0.25, 0.3) is 82.9 Å². The van der Waals surface area contributed by atoms with Gasteiger partial charge in [0.25, 0.3) is 0 Å². The Bertz CT molecular complexity index is 3410. The number of hydrogen-bond donors (Lipinski definition) is 1. The van der Waals surface area contributed by atoms with Crippen molar-refractivity contribution in [2.75, 3.05) is 0 Å². The Morgan fingerprint density at radius 3 is 1.69 bits per heavy atom. The molecule has 0 atom stereocenters. The molecule has 0 aliphatic carbocycles. The second-order valence-corrected chi connectivity index (χ2v) is 15.2. The first kappa shape index (κ1) is 37.7. The van der Waals surface area contributed by atoms with Crippen molar-refractivity contribution in [2.24, 2.45) is 15.7 Å². The Hall–Kier alpha value is -8.59. The normalized spacial score (nSPS) is 11.9. The first-order valence-corrected chi connectivity index (χ1v) is 20.4. The highest BCUT2D eigenvalue weighted by molar-refractivity contribution is 6.13. The molecule has 0 unspecified atom stereocenters. The van der Waals surface area contributed by atoms with Crippen molar-refractivity contribution in [2.45, 2.75) is 0 Å². The Morgan fingerprint density at radius 1 is 0.452 bits per heavy atom. The highest BCUT2D eigenvalue weighted by atomic mass is 16.3. The summed E-state index contributed by atoms with van der Waals surface area (Å²) in [4.78, 5) is 9.70. The fraction of sp³-hybridized carbons (Fsp3) is 0. The van der Waals surface area contributed by atoms with E-state index < -0.39 is 0 Å². The summed E-state index contributed by atoms with van der Waals surface area (Å²) >= 11 is 0. The van der Waals surface area contributed by atoms with E-state index in [-0.39, 0.29) is 0 Å². The van der Waals surface area contributed by atoms with Crippen molar-refractivity contribution < 1.29 is 4.42 Å². The smallest absolute Gasteiger partial charge is 0.162 e. The van der Waals surface area contributed by atoms with Crippen LogP contribution >= 0.6 is 0 Å². The van der Waals surface area contributed by atoms with Crippen LogP contribution in [0.4, 0.5) is 0 Å². The van der Waals surface area contributed by atoms with Crippen molar-refractivity contribution >= 4 is 50.1 Å². The molecule has 0 spiro atoms. The van der Waals surface area contributed by atoms with Crippen LogP contribution in [0.1, 0.15) is 22.3 Å². The lowest BCUT2D eigenvalue weighted by molar-refractivity contribution is 0.670. The van der Waals surface area contributed by atoms with Gasteiger partial charge in [-0.1, -0.05) is 189 Å². The Labute approximate surface area is 359 Å². The molecule has 0 aliphatic rings. The van der Waals surface area contributed by atoms with Gasteiger partial charge in [0.2, 0.25) is 0 Å². The van der Waals surface area contributed by atoms with Gasteiger partial charge in [-0.3, -0.25) is 0 Å². The van der Waals surface area contributed by atoms with E-state index in [4.69, 9.17) is 20.1 Å². The van der Waals surface area contributed by atoms with Gasteiger partial charge in [-0.25, -0.2) is 9.98 Å². The quantitative estimate of drug-likeness (QED) is 0.123. The van der Waals surface area contributed by atoms with Crippen LogP contribution in [0.15, 0.2) is 227 Å². The molecule has 0 saturated carbocycles. The fourth-order valence-corrected chi connectivity index (χ4v) is 8.20. The summed E-state index contributed by atoms with van der Waals surface area (Å²) in [6, 6.07) is 72.0. The summed E-state index contributed by atoms with van der Waals surface area (Å²) in [5, 5.41) is 14.6. The van der Waals surface area contributed by atoms with E-state index in [2.05, 4.69) is 116 Å². The predicted octanol–water partition coefficient (Wildman–Crippen LogP) is 14.1. The van der Waals surface area contributed by atoms with Crippen LogP contribution in [-0.2, 0) is 0 Å². The van der Waals surface area contributed by atoms with Crippen molar-refractivity contribution in [1.29, 1.82) is 5.26 Å². The monoisotopic (exact) mass is 794 g/mol. The summed E-state index contributed by atoms with van der Waals surface area (Å²) in [6.07, 6.45) is 0. The van der Waals surface area contributed by atoms with E-state index >= 15 is 0 Å². The van der Waals surface area contributed by atoms with Crippen LogP contribution in [0.3, 0.4) is 0 Å². The molecule has 0 amide bonds. The minimum atomic E-state index is 0.369. The average Bonchev–Trinajstić information content (AvgIpc) is 3.73. The summed E-state index contributed by atoms with van der Waals surface area (Å²) in [7, 11) is 0. The van der Waals surface area contributed by atoms with Gasteiger partial charge in [-0.2, -0.15) is 5.26 Å². The van der Waals surface area contributed by atoms with E-state index in [1.165, 1.54) is 0 Å². The number of furan rings is 1. The summed E-state index contributed by atoms with van der Waals surface area (Å²) in [6.45, 7) is 4.25. The van der Waals surface area contributed by atoms with Crippen LogP contribution < -0.4 is 5.73 Å². The molecule has 0 saturated heterocycles. The lowest BCUT2D eigenvalue weighted by Gasteiger charge is -2.14. The fourth-order valence-electron chi connectivity index (χ4n) is 8.20. The summed E-state index contributed by atoms with van der Waals surface area (Å²) in [5.74, 6) is 0.840. The largest absolute Gasteiger partial charge is 0.455 e. The molecule has 5 nitrogen and oxygen atoms in total. The van der Waals surface area contributed by atoms with Gasteiger partial charge in [-0.15, -0.1) is 0 Å². The zero-order valence-electron chi connectivity index (χ0n) is 33.7. The van der Waals surface area contributed by atoms with Gasteiger partial charge in [-0.05, 0) is 79.5 Å². The molecule has 62 heavy (non-hydrogen) atoms. The number of benzene rings is 9. The highest BCUT2D eigenvalue weighted by Crippen LogP contribution is 2.39. The molecule has 1 heterocycles. The number of amidine groups is 2. The van der Waals surface area contributed by atoms with Gasteiger partial charge in [0.05, 0.1) is 17.3 Å². The first-order chi connectivity index (χ1) is 30.5. The molecular weight excluding hydrogens is 757 g/mol. The lowest BCUT2D eigenvalue weighted by Crippen LogP contribution is -2.16. The molecular formula is C57H38N4O. The number of nitriles is 1. The van der Waals surface area contributed by atoms with Gasteiger partial charge in [0, 0.05) is 27.5 Å². The van der Waals surface area contributed by atoms with Crippen LogP contribution in [-0.4, -0.2) is 11.7 Å². The average molecular weight is 795 g/mol. The highest BCUT2D eigenvalue weighted by Gasteiger charge is 2.15. The number of nitrogens with zero attached hydrogens (tertiary/aromatic N) is 3. The van der Waals surface area contributed by atoms with Crippen molar-refractivity contribution in [3.05, 3.63) is 235 Å².